The van der Waals surface area contributed by atoms with Crippen LogP contribution in [0.3, 0.4) is 0 Å². The molecule has 1 amide bonds. The summed E-state index contributed by atoms with van der Waals surface area (Å²) in [4.78, 5) is 17.1. The minimum absolute atomic E-state index is 0.00280. The first-order chi connectivity index (χ1) is 8.61. The van der Waals surface area contributed by atoms with E-state index in [1.54, 1.807) is 14.0 Å². The van der Waals surface area contributed by atoms with Gasteiger partial charge in [0.05, 0.1) is 5.03 Å². The van der Waals surface area contributed by atoms with Gasteiger partial charge in [-0.05, 0) is 6.92 Å². The molecule has 0 spiro atoms. The van der Waals surface area contributed by atoms with Crippen LogP contribution in [-0.4, -0.2) is 40.7 Å². The van der Waals surface area contributed by atoms with Gasteiger partial charge < -0.3 is 5.11 Å². The van der Waals surface area contributed by atoms with E-state index in [-0.39, 0.29) is 28.3 Å². The van der Waals surface area contributed by atoms with Gasteiger partial charge in [0.15, 0.2) is 6.23 Å². The van der Waals surface area contributed by atoms with Crippen LogP contribution in [0.1, 0.15) is 34.1 Å². The van der Waals surface area contributed by atoms with E-state index in [0.717, 1.165) is 10.6 Å². The summed E-state index contributed by atoms with van der Waals surface area (Å²) in [5.41, 5.74) is 0.879. The van der Waals surface area contributed by atoms with Crippen molar-refractivity contribution in [3.63, 3.8) is 0 Å². The highest BCUT2D eigenvalue weighted by molar-refractivity contribution is 6.34. The Morgan fingerprint density at radius 3 is 2.37 bits per heavy atom. The third-order valence-corrected chi connectivity index (χ3v) is 3.61. The molecule has 0 fully saturated rings. The zero-order chi connectivity index (χ0) is 15.0. The second-order valence-electron chi connectivity index (χ2n) is 5.57. The standard InChI is InChI=1S/C13H20ClN3O2/c1-7-10(14)12(19)17(11(7)18)9(15)6-8(16-5)13(2,3)4/h12,15,19H,6H2,1-5H3. The highest BCUT2D eigenvalue weighted by atomic mass is 35.5. The third-order valence-electron chi connectivity index (χ3n) is 3.13. The first-order valence-electron chi connectivity index (χ1n) is 6.02. The number of carbonyl (C=O) groups excluding carboxylic acids is 1. The topological polar surface area (TPSA) is 76.8 Å². The Morgan fingerprint density at radius 1 is 1.53 bits per heavy atom. The van der Waals surface area contributed by atoms with Crippen molar-refractivity contribution in [1.29, 1.82) is 5.41 Å². The predicted molar refractivity (Wildman–Crippen MR) is 76.6 cm³/mol. The van der Waals surface area contributed by atoms with Gasteiger partial charge in [0.2, 0.25) is 0 Å². The average molecular weight is 286 g/mol. The van der Waals surface area contributed by atoms with Crippen molar-refractivity contribution in [2.45, 2.75) is 40.3 Å². The second kappa shape index (κ2) is 5.43. The van der Waals surface area contributed by atoms with Gasteiger partial charge in [0.1, 0.15) is 5.84 Å². The van der Waals surface area contributed by atoms with Crippen LogP contribution in [0.4, 0.5) is 0 Å². The second-order valence-corrected chi connectivity index (χ2v) is 5.97. The Morgan fingerprint density at radius 2 is 2.05 bits per heavy atom. The van der Waals surface area contributed by atoms with Crippen LogP contribution in [0.5, 0.6) is 0 Å². The molecule has 1 heterocycles. The summed E-state index contributed by atoms with van der Waals surface area (Å²) in [6, 6.07) is 0. The minimum Gasteiger partial charge on any atom is -0.368 e. The van der Waals surface area contributed by atoms with E-state index in [4.69, 9.17) is 17.0 Å². The van der Waals surface area contributed by atoms with E-state index in [0.29, 0.717) is 0 Å². The van der Waals surface area contributed by atoms with E-state index in [1.165, 1.54) is 0 Å². The molecule has 106 valence electrons. The summed E-state index contributed by atoms with van der Waals surface area (Å²) < 4.78 is 0. The monoisotopic (exact) mass is 285 g/mol. The lowest BCUT2D eigenvalue weighted by atomic mass is 9.87. The van der Waals surface area contributed by atoms with Gasteiger partial charge in [-0.2, -0.15) is 0 Å². The van der Waals surface area contributed by atoms with E-state index in [2.05, 4.69) is 4.99 Å². The summed E-state index contributed by atoms with van der Waals surface area (Å²) in [5.74, 6) is -0.421. The fourth-order valence-corrected chi connectivity index (χ4v) is 2.07. The smallest absolute Gasteiger partial charge is 0.258 e. The molecule has 1 aliphatic heterocycles. The van der Waals surface area contributed by atoms with Gasteiger partial charge in [-0.1, -0.05) is 32.4 Å². The number of aliphatic hydroxyl groups is 1. The molecule has 1 atom stereocenters. The summed E-state index contributed by atoms with van der Waals surface area (Å²) in [5, 5.41) is 18.0. The molecule has 0 aromatic heterocycles. The maximum absolute atomic E-state index is 11.9. The molecule has 0 radical (unpaired) electrons. The molecule has 0 bridgehead atoms. The number of hydrogen-bond acceptors (Lipinski definition) is 4. The lowest BCUT2D eigenvalue weighted by Crippen LogP contribution is -2.42. The lowest BCUT2D eigenvalue weighted by molar-refractivity contribution is -0.126. The van der Waals surface area contributed by atoms with Crippen LogP contribution in [-0.2, 0) is 4.79 Å². The zero-order valence-electron chi connectivity index (χ0n) is 11.9. The molecule has 2 N–H and O–H groups in total. The number of amidine groups is 1. The first-order valence-corrected chi connectivity index (χ1v) is 6.40. The summed E-state index contributed by atoms with van der Waals surface area (Å²) >= 11 is 5.85. The number of nitrogens with zero attached hydrogens (tertiary/aromatic N) is 2. The highest BCUT2D eigenvalue weighted by Gasteiger charge is 2.38. The fourth-order valence-electron chi connectivity index (χ4n) is 1.89. The van der Waals surface area contributed by atoms with Crippen LogP contribution < -0.4 is 0 Å². The van der Waals surface area contributed by atoms with Crippen molar-refractivity contribution in [3.8, 4) is 0 Å². The molecular formula is C13H20ClN3O2. The molecule has 1 unspecified atom stereocenters. The number of aliphatic hydroxyl groups excluding tert-OH is 1. The lowest BCUT2D eigenvalue weighted by Gasteiger charge is -2.26. The van der Waals surface area contributed by atoms with Gasteiger partial charge in [0, 0.05) is 30.2 Å². The van der Waals surface area contributed by atoms with Crippen molar-refractivity contribution >= 4 is 29.1 Å². The Hall–Kier alpha value is -1.20. The van der Waals surface area contributed by atoms with E-state index in [9.17, 15) is 9.90 Å². The van der Waals surface area contributed by atoms with Crippen LogP contribution in [0.25, 0.3) is 0 Å². The number of halogens is 1. The highest BCUT2D eigenvalue weighted by Crippen LogP contribution is 2.28. The maximum atomic E-state index is 11.9. The molecule has 0 saturated carbocycles. The molecule has 19 heavy (non-hydrogen) atoms. The zero-order valence-corrected chi connectivity index (χ0v) is 12.7. The van der Waals surface area contributed by atoms with E-state index < -0.39 is 12.1 Å². The molecule has 1 aliphatic rings. The molecule has 0 aromatic carbocycles. The van der Waals surface area contributed by atoms with Crippen molar-refractivity contribution < 1.29 is 9.90 Å². The molecular weight excluding hydrogens is 266 g/mol. The molecule has 5 nitrogen and oxygen atoms in total. The number of amides is 1. The van der Waals surface area contributed by atoms with Gasteiger partial charge in [-0.15, -0.1) is 0 Å². The van der Waals surface area contributed by atoms with Gasteiger partial charge >= 0.3 is 0 Å². The Balaban J connectivity index is 2.91. The van der Waals surface area contributed by atoms with Crippen molar-refractivity contribution in [3.05, 3.63) is 10.6 Å². The van der Waals surface area contributed by atoms with Gasteiger partial charge in [-0.25, -0.2) is 0 Å². The fraction of sp³-hybridized carbons (Fsp3) is 0.615. The first kappa shape index (κ1) is 15.9. The predicted octanol–water partition coefficient (Wildman–Crippen LogP) is 2.14. The van der Waals surface area contributed by atoms with Crippen LogP contribution >= 0.6 is 11.6 Å². The van der Waals surface area contributed by atoms with Crippen LogP contribution in [0.2, 0.25) is 0 Å². The maximum Gasteiger partial charge on any atom is 0.258 e. The van der Waals surface area contributed by atoms with Crippen molar-refractivity contribution in [2.24, 2.45) is 10.4 Å². The Labute approximate surface area is 118 Å². The van der Waals surface area contributed by atoms with Crippen LogP contribution in [0.15, 0.2) is 15.6 Å². The number of nitrogens with one attached hydrogen (secondary N) is 1. The SMILES string of the molecule is CN=C(CC(=N)N1C(=O)C(C)=C(Cl)C1O)C(C)(C)C. The quantitative estimate of drug-likeness (QED) is 0.602. The summed E-state index contributed by atoms with van der Waals surface area (Å²) in [6.07, 6.45) is -1.04. The van der Waals surface area contributed by atoms with Gasteiger partial charge in [0.25, 0.3) is 5.91 Å². The molecule has 0 aromatic rings. The average Bonchev–Trinajstić information content (AvgIpc) is 2.49. The normalized spacial score (nSPS) is 21.4. The number of rotatable bonds is 2. The number of carbonyl (C=O) groups is 1. The minimum atomic E-state index is -1.25. The molecule has 0 aliphatic carbocycles. The Kier molecular flexibility index (Phi) is 4.53. The Bertz CT molecular complexity index is 475. The molecule has 1 rings (SSSR count). The van der Waals surface area contributed by atoms with Gasteiger partial charge in [-0.3, -0.25) is 20.1 Å². The number of aliphatic imine (C=N–C) groups is 1. The molecule has 6 heteroatoms. The van der Waals surface area contributed by atoms with Crippen molar-refractivity contribution in [1.82, 2.24) is 4.90 Å². The molecule has 0 saturated heterocycles. The van der Waals surface area contributed by atoms with Crippen LogP contribution in [0, 0.1) is 10.8 Å². The third kappa shape index (κ3) is 3.04. The largest absolute Gasteiger partial charge is 0.368 e. The summed E-state index contributed by atoms with van der Waals surface area (Å²) in [7, 11) is 1.66. The van der Waals surface area contributed by atoms with E-state index >= 15 is 0 Å². The summed E-state index contributed by atoms with van der Waals surface area (Å²) in [6.45, 7) is 7.50. The van der Waals surface area contributed by atoms with Crippen molar-refractivity contribution in [2.75, 3.05) is 7.05 Å². The number of hydrogen-bond donors (Lipinski definition) is 2. The van der Waals surface area contributed by atoms with E-state index in [1.807, 2.05) is 20.8 Å².